The summed E-state index contributed by atoms with van der Waals surface area (Å²) in [5.41, 5.74) is 0.942. The smallest absolute Gasteiger partial charge is 0.231 e. The van der Waals surface area contributed by atoms with Gasteiger partial charge < -0.3 is 0 Å². The first-order valence-corrected chi connectivity index (χ1v) is 2.99. The van der Waals surface area contributed by atoms with Gasteiger partial charge in [-0.05, 0) is 13.5 Å². The molecule has 0 saturated carbocycles. The third-order valence-corrected chi connectivity index (χ3v) is 1.43. The third kappa shape index (κ3) is 0.875. The average molecular weight is 123 g/mol. The first-order valence-electron chi connectivity index (χ1n) is 2.99. The van der Waals surface area contributed by atoms with Crippen LogP contribution < -0.4 is 9.72 Å². The molecule has 9 heavy (non-hydrogen) atoms. The Morgan fingerprint density at radius 3 is 2.67 bits per heavy atom. The highest BCUT2D eigenvalue weighted by Gasteiger charge is 1.95. The quantitative estimate of drug-likeness (QED) is 0.460. The molecule has 1 aromatic rings. The zero-order valence-electron chi connectivity index (χ0n) is 5.67. The molecule has 0 radical (unpaired) electrons. The second-order valence-electron chi connectivity index (χ2n) is 1.97. The number of rotatable bonds is 1. The van der Waals surface area contributed by atoms with Crippen molar-refractivity contribution in [1.29, 1.82) is 0 Å². The summed E-state index contributed by atoms with van der Waals surface area (Å²) in [6.07, 6.45) is 3.86. The highest BCUT2D eigenvalue weighted by Crippen LogP contribution is 1.71. The van der Waals surface area contributed by atoms with Crippen molar-refractivity contribution in [2.45, 2.75) is 13.5 Å². The Bertz CT molecular complexity index is 284. The van der Waals surface area contributed by atoms with Gasteiger partial charge in [0.25, 0.3) is 5.48 Å². The normalized spacial score (nSPS) is 9.89. The predicted molar refractivity (Wildman–Crippen MR) is 36.2 cm³/mol. The molecule has 0 saturated heterocycles. The van der Waals surface area contributed by atoms with Gasteiger partial charge >= 0.3 is 0 Å². The van der Waals surface area contributed by atoms with Crippen LogP contribution in [0.3, 0.4) is 0 Å². The van der Waals surface area contributed by atoms with Crippen molar-refractivity contribution in [3.63, 3.8) is 0 Å². The largest absolute Gasteiger partial charge is 0.278 e. The lowest BCUT2D eigenvalue weighted by Crippen LogP contribution is -2.35. The van der Waals surface area contributed by atoms with Gasteiger partial charge in [0.2, 0.25) is 0 Å². The van der Waals surface area contributed by atoms with Crippen LogP contribution in [0, 0.1) is 6.72 Å². The predicted octanol–water partition coefficient (Wildman–Crippen LogP) is -0.155. The van der Waals surface area contributed by atoms with Gasteiger partial charge in [0.1, 0.15) is 12.4 Å². The van der Waals surface area contributed by atoms with Crippen LogP contribution in [0.1, 0.15) is 6.92 Å². The molecular formula is C7H11N2+. The number of aromatic nitrogens is 2. The average Bonchev–Trinajstić information content (AvgIpc) is 2.15. The molecule has 0 bridgehead atoms. The van der Waals surface area contributed by atoms with E-state index in [1.54, 1.807) is 4.24 Å². The Hall–Kier alpha value is -1.05. The highest BCUT2D eigenvalue weighted by molar-refractivity contribution is 4.83. The van der Waals surface area contributed by atoms with Crippen molar-refractivity contribution in [2.24, 2.45) is 0 Å². The minimum absolute atomic E-state index is 0.942. The molecule has 2 heteroatoms. The van der Waals surface area contributed by atoms with Crippen molar-refractivity contribution in [2.75, 3.05) is 0 Å². The zero-order chi connectivity index (χ0) is 6.85. The SMILES string of the molecule is C=c1n(CC)cc[n+]1=C. The first kappa shape index (κ1) is 6.08. The fourth-order valence-electron chi connectivity index (χ4n) is 0.786. The maximum Gasteiger partial charge on any atom is 0.278 e. The van der Waals surface area contributed by atoms with Gasteiger partial charge in [0.15, 0.2) is 0 Å². The maximum absolute atomic E-state index is 3.81. The second-order valence-corrected chi connectivity index (χ2v) is 1.97. The summed E-state index contributed by atoms with van der Waals surface area (Å²) >= 11 is 0. The summed E-state index contributed by atoms with van der Waals surface area (Å²) in [5.74, 6) is 0. The van der Waals surface area contributed by atoms with Crippen molar-refractivity contribution in [1.82, 2.24) is 4.57 Å². The van der Waals surface area contributed by atoms with Crippen LogP contribution in [-0.2, 0) is 6.54 Å². The molecule has 2 nitrogen and oxygen atoms in total. The molecule has 0 unspecified atom stereocenters. The van der Waals surface area contributed by atoms with Gasteiger partial charge in [-0.3, -0.25) is 0 Å². The Morgan fingerprint density at radius 2 is 2.44 bits per heavy atom. The van der Waals surface area contributed by atoms with E-state index >= 15 is 0 Å². The van der Waals surface area contributed by atoms with Crippen molar-refractivity contribution in [3.8, 4) is 0 Å². The minimum atomic E-state index is 0.942. The summed E-state index contributed by atoms with van der Waals surface area (Å²) < 4.78 is 3.79. The molecule has 0 atom stereocenters. The van der Waals surface area contributed by atoms with E-state index in [-0.39, 0.29) is 0 Å². The zero-order valence-corrected chi connectivity index (χ0v) is 5.67. The van der Waals surface area contributed by atoms with Gasteiger partial charge in [-0.25, -0.2) is 8.81 Å². The van der Waals surface area contributed by atoms with E-state index < -0.39 is 0 Å². The summed E-state index contributed by atoms with van der Waals surface area (Å²) in [5, 5.41) is 0. The molecule has 0 amide bonds. The number of aryl methyl sites for hydroxylation is 1. The van der Waals surface area contributed by atoms with Crippen molar-refractivity contribution < 1.29 is 4.24 Å². The molecular weight excluding hydrogens is 112 g/mol. The molecule has 0 aromatic carbocycles. The van der Waals surface area contributed by atoms with Crippen LogP contribution in [0.4, 0.5) is 0 Å². The lowest BCUT2D eigenvalue weighted by molar-refractivity contribution is -0.513. The first-order chi connectivity index (χ1) is 4.25. The summed E-state index contributed by atoms with van der Waals surface area (Å²) in [7, 11) is 0. The minimum Gasteiger partial charge on any atom is -0.231 e. The molecule has 0 fully saturated rings. The summed E-state index contributed by atoms with van der Waals surface area (Å²) in [6.45, 7) is 10.6. The van der Waals surface area contributed by atoms with Crippen LogP contribution in [0.15, 0.2) is 12.4 Å². The standard InChI is InChI=1S/C7H11N2/c1-4-9-6-5-8(3)7(9)2/h5-6H,2-4H2,1H3/q+1. The van der Waals surface area contributed by atoms with E-state index in [2.05, 4.69) is 20.2 Å². The molecule has 1 rings (SSSR count). The number of hydrogen-bond acceptors (Lipinski definition) is 0. The maximum atomic E-state index is 3.81. The molecule has 1 heterocycles. The van der Waals surface area contributed by atoms with Crippen LogP contribution in [0.2, 0.25) is 0 Å². The molecule has 1 aromatic heterocycles. The van der Waals surface area contributed by atoms with E-state index in [1.807, 2.05) is 17.0 Å². The monoisotopic (exact) mass is 123 g/mol. The molecule has 0 aliphatic carbocycles. The van der Waals surface area contributed by atoms with Crippen molar-refractivity contribution >= 4 is 6.58 Å². The van der Waals surface area contributed by atoms with Crippen LogP contribution in [0.25, 0.3) is 6.58 Å². The van der Waals surface area contributed by atoms with Gasteiger partial charge in [-0.2, -0.15) is 0 Å². The third-order valence-electron chi connectivity index (χ3n) is 1.43. The van der Waals surface area contributed by atoms with E-state index in [9.17, 15) is 0 Å². The van der Waals surface area contributed by atoms with Crippen LogP contribution in [0.5, 0.6) is 0 Å². The molecule has 0 spiro atoms. The molecule has 48 valence electrons. The molecule has 0 aliphatic heterocycles. The van der Waals surface area contributed by atoms with E-state index in [0.29, 0.717) is 0 Å². The second kappa shape index (κ2) is 2.05. The van der Waals surface area contributed by atoms with E-state index in [0.717, 1.165) is 12.0 Å². The van der Waals surface area contributed by atoms with Gasteiger partial charge in [-0.15, -0.1) is 0 Å². The number of hydrogen-bond donors (Lipinski definition) is 0. The fourth-order valence-corrected chi connectivity index (χ4v) is 0.786. The van der Waals surface area contributed by atoms with Gasteiger partial charge in [0, 0.05) is 0 Å². The van der Waals surface area contributed by atoms with Gasteiger partial charge in [-0.1, -0.05) is 0 Å². The Kier molecular flexibility index (Phi) is 1.39. The lowest BCUT2D eigenvalue weighted by Gasteiger charge is -1.82. The number of nitrogens with zero attached hydrogens (tertiary/aromatic N) is 2. The lowest BCUT2D eigenvalue weighted by atomic mass is 10.7. The van der Waals surface area contributed by atoms with Gasteiger partial charge in [0.05, 0.1) is 13.3 Å². The summed E-state index contributed by atoms with van der Waals surface area (Å²) in [6, 6.07) is 0. The Morgan fingerprint density at radius 1 is 1.78 bits per heavy atom. The van der Waals surface area contributed by atoms with Crippen LogP contribution >= 0.6 is 0 Å². The molecule has 0 N–H and O–H groups in total. The van der Waals surface area contributed by atoms with E-state index in [1.165, 1.54) is 0 Å². The highest BCUT2D eigenvalue weighted by atomic mass is 15.1. The van der Waals surface area contributed by atoms with Crippen LogP contribution in [-0.4, -0.2) is 4.57 Å². The topological polar surface area (TPSA) is 10.8 Å². The Balaban J connectivity index is 3.37. The summed E-state index contributed by atoms with van der Waals surface area (Å²) in [4.78, 5) is 0. The Labute approximate surface area is 54.4 Å². The van der Waals surface area contributed by atoms with E-state index in [4.69, 9.17) is 0 Å². The number of imidazole rings is 1. The van der Waals surface area contributed by atoms with Crippen molar-refractivity contribution in [3.05, 3.63) is 24.6 Å². The molecule has 0 aliphatic rings. The fraction of sp³-hybridized carbons (Fsp3) is 0.286.